The monoisotopic (exact) mass is 514 g/mol. The zero-order chi connectivity index (χ0) is 25.2. The minimum absolute atomic E-state index is 0.0227. The molecule has 0 saturated heterocycles. The van der Waals surface area contributed by atoms with Crippen molar-refractivity contribution < 1.29 is 17.6 Å². The molecule has 8 nitrogen and oxygen atoms in total. The summed E-state index contributed by atoms with van der Waals surface area (Å²) in [4.78, 5) is 21.9. The van der Waals surface area contributed by atoms with Crippen molar-refractivity contribution in [1.29, 1.82) is 0 Å². The lowest BCUT2D eigenvalue weighted by molar-refractivity contribution is 0.0976. The molecule has 0 radical (unpaired) electrons. The molecule has 3 aromatic heterocycles. The number of furan rings is 1. The number of hydrogen-bond donors (Lipinski definition) is 1. The molecular formula is C25H27ClN4O4S. The molecule has 4 rings (SSSR count). The lowest BCUT2D eigenvalue weighted by atomic mass is 10.1. The van der Waals surface area contributed by atoms with E-state index in [1.807, 2.05) is 55.7 Å². The topological polar surface area (TPSA) is 107 Å². The zero-order valence-electron chi connectivity index (χ0n) is 19.8. The number of aromatic nitrogens is 3. The van der Waals surface area contributed by atoms with E-state index in [0.717, 1.165) is 35.3 Å². The van der Waals surface area contributed by atoms with Gasteiger partial charge in [-0.1, -0.05) is 43.5 Å². The lowest BCUT2D eigenvalue weighted by Crippen LogP contribution is -2.33. The third-order valence-electron chi connectivity index (χ3n) is 5.77. The predicted octanol–water partition coefficient (Wildman–Crippen LogP) is 5.26. The molecule has 0 saturated carbocycles. The maximum Gasteiger partial charge on any atom is 0.283 e. The van der Waals surface area contributed by atoms with Gasteiger partial charge < -0.3 is 8.98 Å². The SMILES string of the molecule is CCCCCS(=O)(=O)NC(=O)c1cc(C)c2nc(C)n(Cc3ccc(-c4ccco4)cc3Cl)c2n1. The van der Waals surface area contributed by atoms with Gasteiger partial charge in [-0.2, -0.15) is 0 Å². The van der Waals surface area contributed by atoms with Crippen molar-refractivity contribution in [3.05, 3.63) is 70.3 Å². The third-order valence-corrected chi connectivity index (χ3v) is 7.44. The minimum Gasteiger partial charge on any atom is -0.464 e. The zero-order valence-corrected chi connectivity index (χ0v) is 21.4. The van der Waals surface area contributed by atoms with Crippen molar-refractivity contribution in [2.75, 3.05) is 5.75 Å². The number of carbonyl (C=O) groups excluding carboxylic acids is 1. The van der Waals surface area contributed by atoms with E-state index in [4.69, 9.17) is 16.0 Å². The lowest BCUT2D eigenvalue weighted by Gasteiger charge is -2.11. The van der Waals surface area contributed by atoms with Crippen LogP contribution in [0.25, 0.3) is 22.5 Å². The Morgan fingerprint density at radius 1 is 1.14 bits per heavy atom. The average molecular weight is 515 g/mol. The molecule has 4 aromatic rings. The molecule has 0 aliphatic carbocycles. The molecule has 35 heavy (non-hydrogen) atoms. The molecular weight excluding hydrogens is 488 g/mol. The number of benzene rings is 1. The molecule has 1 aromatic carbocycles. The highest BCUT2D eigenvalue weighted by atomic mass is 35.5. The summed E-state index contributed by atoms with van der Waals surface area (Å²) in [6.07, 6.45) is 3.77. The van der Waals surface area contributed by atoms with Crippen molar-refractivity contribution in [3.8, 4) is 11.3 Å². The summed E-state index contributed by atoms with van der Waals surface area (Å²) < 4.78 is 34.0. The van der Waals surface area contributed by atoms with Crippen molar-refractivity contribution in [1.82, 2.24) is 19.3 Å². The van der Waals surface area contributed by atoms with Gasteiger partial charge in [-0.3, -0.25) is 4.79 Å². The number of fused-ring (bicyclic) bond motifs is 1. The van der Waals surface area contributed by atoms with Gasteiger partial charge in [0.1, 0.15) is 22.8 Å². The van der Waals surface area contributed by atoms with E-state index in [9.17, 15) is 13.2 Å². The summed E-state index contributed by atoms with van der Waals surface area (Å²) in [5.41, 5.74) is 3.59. The largest absolute Gasteiger partial charge is 0.464 e. The molecule has 3 heterocycles. The second-order valence-corrected chi connectivity index (χ2v) is 10.7. The summed E-state index contributed by atoms with van der Waals surface area (Å²) >= 11 is 6.58. The number of nitrogens with zero attached hydrogens (tertiary/aromatic N) is 3. The minimum atomic E-state index is -3.74. The first-order valence-corrected chi connectivity index (χ1v) is 13.4. The van der Waals surface area contributed by atoms with Gasteiger partial charge in [0.25, 0.3) is 5.91 Å². The summed E-state index contributed by atoms with van der Waals surface area (Å²) in [5, 5.41) is 0.559. The van der Waals surface area contributed by atoms with Crippen molar-refractivity contribution in [2.45, 2.75) is 46.6 Å². The summed E-state index contributed by atoms with van der Waals surface area (Å²) in [6.45, 7) is 6.04. The quantitative estimate of drug-likeness (QED) is 0.305. The second-order valence-electron chi connectivity index (χ2n) is 8.48. The van der Waals surface area contributed by atoms with Crippen molar-refractivity contribution in [2.24, 2.45) is 0 Å². The van der Waals surface area contributed by atoms with Gasteiger partial charge in [-0.15, -0.1) is 0 Å². The average Bonchev–Trinajstić information content (AvgIpc) is 3.44. The molecule has 1 N–H and O–H groups in total. The van der Waals surface area contributed by atoms with Gasteiger partial charge in [0.15, 0.2) is 5.65 Å². The van der Waals surface area contributed by atoms with E-state index in [0.29, 0.717) is 35.0 Å². The molecule has 10 heteroatoms. The number of aryl methyl sites for hydroxylation is 2. The molecule has 0 atom stereocenters. The van der Waals surface area contributed by atoms with Gasteiger partial charge in [0.2, 0.25) is 10.0 Å². The van der Waals surface area contributed by atoms with Crippen LogP contribution in [0, 0.1) is 13.8 Å². The highest BCUT2D eigenvalue weighted by Gasteiger charge is 2.21. The highest BCUT2D eigenvalue weighted by molar-refractivity contribution is 7.90. The normalized spacial score (nSPS) is 11.8. The molecule has 1 amide bonds. The van der Waals surface area contributed by atoms with E-state index in [2.05, 4.69) is 14.7 Å². The van der Waals surface area contributed by atoms with Gasteiger partial charge in [-0.25, -0.2) is 23.1 Å². The standard InChI is InChI=1S/C25H27ClN4O4S/c1-4-5-6-12-35(32,33)29-25(31)21-13-16(2)23-24(28-21)30(17(3)27-23)15-19-10-9-18(14-20(19)26)22-8-7-11-34-22/h7-11,13-14H,4-6,12,15H2,1-3H3,(H,29,31). The Bertz CT molecular complexity index is 1480. The van der Waals surface area contributed by atoms with Crippen LogP contribution in [0.1, 0.15) is 53.6 Å². The van der Waals surface area contributed by atoms with E-state index < -0.39 is 15.9 Å². The van der Waals surface area contributed by atoms with Gasteiger partial charge in [0, 0.05) is 10.6 Å². The van der Waals surface area contributed by atoms with Crippen molar-refractivity contribution >= 4 is 38.7 Å². The van der Waals surface area contributed by atoms with Crippen LogP contribution in [0.15, 0.2) is 47.1 Å². The third kappa shape index (κ3) is 5.57. The number of unbranched alkanes of at least 4 members (excludes halogenated alkanes) is 2. The Morgan fingerprint density at radius 3 is 2.63 bits per heavy atom. The fourth-order valence-electron chi connectivity index (χ4n) is 3.89. The Hall–Kier alpha value is -3.17. The maximum atomic E-state index is 12.8. The number of halogens is 1. The molecule has 0 aliphatic rings. The molecule has 0 spiro atoms. The van der Waals surface area contributed by atoms with Crippen molar-refractivity contribution in [3.63, 3.8) is 0 Å². The number of hydrogen-bond acceptors (Lipinski definition) is 6. The van der Waals surface area contributed by atoms with Crippen LogP contribution in [0.3, 0.4) is 0 Å². The Morgan fingerprint density at radius 2 is 1.94 bits per heavy atom. The first-order chi connectivity index (χ1) is 16.7. The maximum absolute atomic E-state index is 12.8. The number of carbonyl (C=O) groups is 1. The van der Waals surface area contributed by atoms with Crippen LogP contribution < -0.4 is 4.72 Å². The van der Waals surface area contributed by atoms with E-state index in [-0.39, 0.29) is 11.4 Å². The number of rotatable bonds is 9. The predicted molar refractivity (Wildman–Crippen MR) is 136 cm³/mol. The Kier molecular flexibility index (Phi) is 7.28. The Balaban J connectivity index is 1.64. The van der Waals surface area contributed by atoms with Crippen LogP contribution >= 0.6 is 11.6 Å². The van der Waals surface area contributed by atoms with E-state index >= 15 is 0 Å². The van der Waals surface area contributed by atoms with Crippen LogP contribution in [-0.2, 0) is 16.6 Å². The first-order valence-electron chi connectivity index (χ1n) is 11.4. The first kappa shape index (κ1) is 24.9. The smallest absolute Gasteiger partial charge is 0.283 e. The van der Waals surface area contributed by atoms with Gasteiger partial charge >= 0.3 is 0 Å². The Labute approximate surface area is 209 Å². The highest BCUT2D eigenvalue weighted by Crippen LogP contribution is 2.28. The van der Waals surface area contributed by atoms with Gasteiger partial charge in [-0.05, 0) is 55.7 Å². The fraction of sp³-hybridized carbons (Fsp3) is 0.320. The van der Waals surface area contributed by atoms with Crippen LogP contribution in [0.2, 0.25) is 5.02 Å². The number of imidazole rings is 1. The molecule has 0 fully saturated rings. The number of pyridine rings is 1. The number of sulfonamides is 1. The summed E-state index contributed by atoms with van der Waals surface area (Å²) in [7, 11) is -3.74. The molecule has 0 aliphatic heterocycles. The number of nitrogens with one attached hydrogen (secondary N) is 1. The van der Waals surface area contributed by atoms with E-state index in [1.165, 1.54) is 0 Å². The van der Waals surface area contributed by atoms with Gasteiger partial charge in [0.05, 0.1) is 18.6 Å². The molecule has 0 unspecified atom stereocenters. The van der Waals surface area contributed by atoms with Crippen LogP contribution in [0.4, 0.5) is 0 Å². The molecule has 184 valence electrons. The fourth-order valence-corrected chi connectivity index (χ4v) is 5.20. The number of amides is 1. The summed E-state index contributed by atoms with van der Waals surface area (Å²) in [6, 6.07) is 10.9. The van der Waals surface area contributed by atoms with E-state index in [1.54, 1.807) is 12.3 Å². The molecule has 0 bridgehead atoms. The van der Waals surface area contributed by atoms with Crippen LogP contribution in [-0.4, -0.2) is 34.6 Å². The van der Waals surface area contributed by atoms with Crippen LogP contribution in [0.5, 0.6) is 0 Å². The summed E-state index contributed by atoms with van der Waals surface area (Å²) in [5.74, 6) is 0.571. The second kappa shape index (κ2) is 10.2.